The van der Waals surface area contributed by atoms with Gasteiger partial charge in [0.2, 0.25) is 0 Å². The van der Waals surface area contributed by atoms with Crippen molar-refractivity contribution >= 4 is 5.69 Å². The Balaban J connectivity index is 2.18. The van der Waals surface area contributed by atoms with Crippen LogP contribution in [0.15, 0.2) is 30.6 Å². The summed E-state index contributed by atoms with van der Waals surface area (Å²) >= 11 is 0. The number of aryl methyl sites for hydroxylation is 1. The number of aliphatic hydroxyl groups excluding tert-OH is 1. The molecule has 0 spiro atoms. The van der Waals surface area contributed by atoms with Gasteiger partial charge in [-0.3, -0.25) is 0 Å². The van der Waals surface area contributed by atoms with Gasteiger partial charge < -0.3 is 19.7 Å². The van der Waals surface area contributed by atoms with E-state index in [4.69, 9.17) is 0 Å². The van der Waals surface area contributed by atoms with E-state index in [1.807, 2.05) is 35.8 Å². The normalized spacial score (nSPS) is 12.4. The molecule has 1 aromatic heterocycles. The van der Waals surface area contributed by atoms with Gasteiger partial charge in [0.15, 0.2) is 0 Å². The van der Waals surface area contributed by atoms with Crippen molar-refractivity contribution in [2.75, 3.05) is 11.9 Å². The Bertz CT molecular complexity index is 564. The number of aliphatic hydroxyl groups is 1. The van der Waals surface area contributed by atoms with E-state index in [9.17, 15) is 10.2 Å². The van der Waals surface area contributed by atoms with Gasteiger partial charge in [0.25, 0.3) is 0 Å². The summed E-state index contributed by atoms with van der Waals surface area (Å²) in [7, 11) is 3.88. The highest BCUT2D eigenvalue weighted by Crippen LogP contribution is 2.28. The number of phenols is 1. The van der Waals surface area contributed by atoms with Gasteiger partial charge in [-0.05, 0) is 13.0 Å². The minimum atomic E-state index is -0.672. The van der Waals surface area contributed by atoms with Crippen LogP contribution in [0.2, 0.25) is 0 Å². The molecular formula is C14H19N3O2. The molecule has 1 heterocycles. The van der Waals surface area contributed by atoms with Crippen LogP contribution in [0.3, 0.4) is 0 Å². The monoisotopic (exact) mass is 261 g/mol. The Morgan fingerprint density at radius 3 is 2.68 bits per heavy atom. The van der Waals surface area contributed by atoms with Crippen LogP contribution < -0.4 is 4.90 Å². The molecule has 0 fully saturated rings. The zero-order valence-electron chi connectivity index (χ0n) is 11.4. The van der Waals surface area contributed by atoms with Crippen molar-refractivity contribution in [1.29, 1.82) is 0 Å². The lowest BCUT2D eigenvalue weighted by atomic mass is 10.1. The number of imidazole rings is 1. The van der Waals surface area contributed by atoms with Crippen LogP contribution in [0.4, 0.5) is 5.69 Å². The van der Waals surface area contributed by atoms with Crippen LogP contribution in [0.5, 0.6) is 5.75 Å². The second kappa shape index (κ2) is 5.32. The molecule has 2 rings (SSSR count). The molecule has 2 N–H and O–H groups in total. The van der Waals surface area contributed by atoms with Crippen molar-refractivity contribution in [3.63, 3.8) is 0 Å². The van der Waals surface area contributed by atoms with Crippen LogP contribution in [-0.4, -0.2) is 26.8 Å². The van der Waals surface area contributed by atoms with Crippen LogP contribution >= 0.6 is 0 Å². The van der Waals surface area contributed by atoms with E-state index in [1.54, 1.807) is 25.3 Å². The van der Waals surface area contributed by atoms with Crippen molar-refractivity contribution in [2.24, 2.45) is 7.05 Å². The number of rotatable bonds is 4. The molecule has 0 radical (unpaired) electrons. The number of nitrogens with zero attached hydrogens (tertiary/aromatic N) is 3. The summed E-state index contributed by atoms with van der Waals surface area (Å²) in [4.78, 5) is 6.26. The maximum absolute atomic E-state index is 9.88. The molecule has 0 aliphatic carbocycles. The fourth-order valence-corrected chi connectivity index (χ4v) is 1.98. The summed E-state index contributed by atoms with van der Waals surface area (Å²) in [6, 6.07) is 5.28. The summed E-state index contributed by atoms with van der Waals surface area (Å²) in [5, 5.41) is 19.4. The van der Waals surface area contributed by atoms with E-state index in [1.165, 1.54) is 0 Å². The third-order valence-electron chi connectivity index (χ3n) is 3.20. The highest BCUT2D eigenvalue weighted by molar-refractivity contribution is 5.53. The van der Waals surface area contributed by atoms with Gasteiger partial charge in [-0.1, -0.05) is 6.07 Å². The molecule has 0 saturated carbocycles. The minimum absolute atomic E-state index is 0.110. The summed E-state index contributed by atoms with van der Waals surface area (Å²) in [6.45, 7) is 2.28. The Labute approximate surface area is 112 Å². The molecule has 102 valence electrons. The molecule has 0 amide bonds. The SMILES string of the molecule is CC(O)c1ccc(N(C)Cc2nccn2C)cc1O. The number of aromatic nitrogens is 2. The zero-order chi connectivity index (χ0) is 14.0. The molecular weight excluding hydrogens is 242 g/mol. The quantitative estimate of drug-likeness (QED) is 0.881. The van der Waals surface area contributed by atoms with Crippen LogP contribution in [-0.2, 0) is 13.6 Å². The lowest BCUT2D eigenvalue weighted by molar-refractivity contribution is 0.195. The molecule has 1 atom stereocenters. The highest BCUT2D eigenvalue weighted by atomic mass is 16.3. The number of phenolic OH excluding ortho intramolecular Hbond substituents is 1. The van der Waals surface area contributed by atoms with E-state index in [2.05, 4.69) is 4.98 Å². The molecule has 2 aromatic rings. The lowest BCUT2D eigenvalue weighted by Gasteiger charge is -2.20. The van der Waals surface area contributed by atoms with Gasteiger partial charge in [-0.15, -0.1) is 0 Å². The molecule has 5 heteroatoms. The second-order valence-electron chi connectivity index (χ2n) is 4.73. The molecule has 1 aromatic carbocycles. The van der Waals surface area contributed by atoms with Crippen molar-refractivity contribution in [1.82, 2.24) is 9.55 Å². The molecule has 5 nitrogen and oxygen atoms in total. The van der Waals surface area contributed by atoms with Gasteiger partial charge in [0.05, 0.1) is 12.6 Å². The van der Waals surface area contributed by atoms with Crippen molar-refractivity contribution in [3.8, 4) is 5.75 Å². The van der Waals surface area contributed by atoms with Gasteiger partial charge in [0, 0.05) is 43.8 Å². The lowest BCUT2D eigenvalue weighted by Crippen LogP contribution is -2.19. The second-order valence-corrected chi connectivity index (χ2v) is 4.73. The first-order valence-electron chi connectivity index (χ1n) is 6.17. The average molecular weight is 261 g/mol. The number of hydrogen-bond acceptors (Lipinski definition) is 4. The third-order valence-corrected chi connectivity index (χ3v) is 3.20. The standard InChI is InChI=1S/C14H19N3O2/c1-10(18)12-5-4-11(8-13(12)19)17(3)9-14-15-6-7-16(14)2/h4-8,10,18-19H,9H2,1-3H3. The van der Waals surface area contributed by atoms with Crippen molar-refractivity contribution in [2.45, 2.75) is 19.6 Å². The topological polar surface area (TPSA) is 61.5 Å². The number of anilines is 1. The predicted molar refractivity (Wildman–Crippen MR) is 74.1 cm³/mol. The van der Waals surface area contributed by atoms with E-state index in [0.717, 1.165) is 11.5 Å². The number of aromatic hydroxyl groups is 1. The minimum Gasteiger partial charge on any atom is -0.507 e. The average Bonchev–Trinajstić information content (AvgIpc) is 2.74. The molecule has 19 heavy (non-hydrogen) atoms. The fourth-order valence-electron chi connectivity index (χ4n) is 1.98. The van der Waals surface area contributed by atoms with Gasteiger partial charge in [0.1, 0.15) is 11.6 Å². The van der Waals surface area contributed by atoms with E-state index in [0.29, 0.717) is 12.1 Å². The summed E-state index contributed by atoms with van der Waals surface area (Å²) in [5.74, 6) is 1.06. The first-order valence-corrected chi connectivity index (χ1v) is 6.17. The first kappa shape index (κ1) is 13.4. The molecule has 0 aliphatic heterocycles. The number of benzene rings is 1. The third kappa shape index (κ3) is 2.88. The van der Waals surface area contributed by atoms with E-state index < -0.39 is 6.10 Å². The van der Waals surface area contributed by atoms with Crippen molar-refractivity contribution in [3.05, 3.63) is 42.0 Å². The zero-order valence-corrected chi connectivity index (χ0v) is 11.4. The van der Waals surface area contributed by atoms with Crippen LogP contribution in [0.1, 0.15) is 24.4 Å². The molecule has 0 aliphatic rings. The maximum atomic E-state index is 9.88. The first-order chi connectivity index (χ1) is 8.99. The summed E-state index contributed by atoms with van der Waals surface area (Å²) in [5.41, 5.74) is 1.42. The Morgan fingerprint density at radius 1 is 1.42 bits per heavy atom. The Hall–Kier alpha value is -2.01. The predicted octanol–water partition coefficient (Wildman–Crippen LogP) is 1.82. The van der Waals surface area contributed by atoms with Gasteiger partial charge in [-0.2, -0.15) is 0 Å². The molecule has 0 saturated heterocycles. The summed E-state index contributed by atoms with van der Waals surface area (Å²) in [6.07, 6.45) is 2.99. The number of hydrogen-bond donors (Lipinski definition) is 2. The Kier molecular flexibility index (Phi) is 3.76. The van der Waals surface area contributed by atoms with E-state index >= 15 is 0 Å². The summed E-state index contributed by atoms with van der Waals surface area (Å²) < 4.78 is 1.96. The molecule has 1 unspecified atom stereocenters. The van der Waals surface area contributed by atoms with Crippen molar-refractivity contribution < 1.29 is 10.2 Å². The highest BCUT2D eigenvalue weighted by Gasteiger charge is 2.11. The maximum Gasteiger partial charge on any atom is 0.127 e. The molecule has 0 bridgehead atoms. The Morgan fingerprint density at radius 2 is 2.16 bits per heavy atom. The fraction of sp³-hybridized carbons (Fsp3) is 0.357. The smallest absolute Gasteiger partial charge is 0.127 e. The van der Waals surface area contributed by atoms with Gasteiger partial charge >= 0.3 is 0 Å². The van der Waals surface area contributed by atoms with Gasteiger partial charge in [-0.25, -0.2) is 4.98 Å². The largest absolute Gasteiger partial charge is 0.507 e. The van der Waals surface area contributed by atoms with E-state index in [-0.39, 0.29) is 5.75 Å². The van der Waals surface area contributed by atoms with Crippen LogP contribution in [0.25, 0.3) is 0 Å². The van der Waals surface area contributed by atoms with Crippen LogP contribution in [0, 0.1) is 0 Å².